The molecule has 24 heavy (non-hydrogen) atoms. The normalized spacial score (nSPS) is 26.4. The van der Waals surface area contributed by atoms with Gasteiger partial charge in [0.15, 0.2) is 0 Å². The number of benzene rings is 1. The van der Waals surface area contributed by atoms with E-state index in [4.69, 9.17) is 10.4 Å². The van der Waals surface area contributed by atoms with Crippen molar-refractivity contribution >= 4 is 18.9 Å². The number of carbonyl (C=O) groups excluding carboxylic acids is 1. The topological polar surface area (TPSA) is 110 Å². The number of rotatable bonds is 4. The van der Waals surface area contributed by atoms with Gasteiger partial charge in [-0.15, -0.1) is 0 Å². The minimum Gasteiger partial charge on any atom is -0.535 e. The molecule has 1 fully saturated rings. The number of para-hydroxylation sites is 1. The molecule has 0 radical (unpaired) electrons. The molecule has 1 aliphatic heterocycles. The van der Waals surface area contributed by atoms with Crippen molar-refractivity contribution in [2.75, 3.05) is 0 Å². The summed E-state index contributed by atoms with van der Waals surface area (Å²) < 4.78 is 5.44. The average Bonchev–Trinajstić information content (AvgIpc) is 2.55. The van der Waals surface area contributed by atoms with Crippen molar-refractivity contribution in [2.45, 2.75) is 50.4 Å². The van der Waals surface area contributed by atoms with Crippen molar-refractivity contribution in [3.63, 3.8) is 0 Å². The van der Waals surface area contributed by atoms with Crippen LogP contribution >= 0.6 is 0 Å². The van der Waals surface area contributed by atoms with Gasteiger partial charge in [-0.3, -0.25) is 4.79 Å². The third-order valence-electron chi connectivity index (χ3n) is 5.14. The molecular formula is C17H22BNO5. The van der Waals surface area contributed by atoms with E-state index in [1.807, 2.05) is 0 Å². The molecule has 1 atom stereocenters. The predicted molar refractivity (Wildman–Crippen MR) is 89.0 cm³/mol. The van der Waals surface area contributed by atoms with Crippen LogP contribution < -0.4 is 10.4 Å². The van der Waals surface area contributed by atoms with Gasteiger partial charge in [-0.05, 0) is 43.7 Å². The summed E-state index contributed by atoms with van der Waals surface area (Å²) in [6.07, 6.45) is 4.04. The lowest BCUT2D eigenvalue weighted by molar-refractivity contribution is -0.124. The fourth-order valence-electron chi connectivity index (χ4n) is 3.69. The van der Waals surface area contributed by atoms with Gasteiger partial charge in [0.25, 0.3) is 0 Å². The smallest absolute Gasteiger partial charge is 0.526 e. The molecule has 0 unspecified atom stereocenters. The quantitative estimate of drug-likeness (QED) is 0.724. The molecule has 0 amide bonds. The SMILES string of the molecule is NC1CCC(C(=O)C[C@H]2Cc3cccc(C(=O)O)c3OB2O)CC1. The first-order valence-corrected chi connectivity index (χ1v) is 8.44. The average molecular weight is 331 g/mol. The number of ketones is 1. The van der Waals surface area contributed by atoms with Crippen LogP contribution in [0.25, 0.3) is 0 Å². The molecule has 128 valence electrons. The first-order chi connectivity index (χ1) is 11.5. The lowest BCUT2D eigenvalue weighted by atomic mass is 9.63. The van der Waals surface area contributed by atoms with Gasteiger partial charge in [-0.25, -0.2) is 4.79 Å². The van der Waals surface area contributed by atoms with Crippen molar-refractivity contribution in [3.05, 3.63) is 29.3 Å². The summed E-state index contributed by atoms with van der Waals surface area (Å²) in [6, 6.07) is 5.08. The van der Waals surface area contributed by atoms with E-state index in [1.165, 1.54) is 6.07 Å². The second-order valence-corrected chi connectivity index (χ2v) is 6.85. The van der Waals surface area contributed by atoms with Crippen LogP contribution in [0.15, 0.2) is 18.2 Å². The Hall–Kier alpha value is -1.86. The van der Waals surface area contributed by atoms with E-state index >= 15 is 0 Å². The molecule has 4 N–H and O–H groups in total. The number of fused-ring (bicyclic) bond motifs is 1. The Morgan fingerprint density at radius 1 is 1.25 bits per heavy atom. The minimum absolute atomic E-state index is 0.0174. The summed E-state index contributed by atoms with van der Waals surface area (Å²) in [5.74, 6) is -1.06. The molecule has 2 aliphatic rings. The number of carbonyl (C=O) groups is 2. The Morgan fingerprint density at radius 3 is 2.62 bits per heavy atom. The third-order valence-corrected chi connectivity index (χ3v) is 5.14. The van der Waals surface area contributed by atoms with E-state index < -0.39 is 13.1 Å². The molecule has 0 spiro atoms. The Kier molecular flexibility index (Phi) is 4.92. The van der Waals surface area contributed by atoms with Crippen LogP contribution in [-0.2, 0) is 11.2 Å². The molecule has 0 bridgehead atoms. The molecule has 0 saturated heterocycles. The van der Waals surface area contributed by atoms with Gasteiger partial charge in [0.1, 0.15) is 11.5 Å². The summed E-state index contributed by atoms with van der Waals surface area (Å²) in [7, 11) is -1.16. The Morgan fingerprint density at radius 2 is 1.96 bits per heavy atom. The van der Waals surface area contributed by atoms with Gasteiger partial charge in [-0.2, -0.15) is 0 Å². The Labute approximate surface area is 141 Å². The molecule has 3 rings (SSSR count). The number of hydrogen-bond donors (Lipinski definition) is 3. The molecular weight excluding hydrogens is 309 g/mol. The van der Waals surface area contributed by atoms with Gasteiger partial charge in [0.05, 0.1) is 5.56 Å². The Balaban J connectivity index is 1.69. The number of carboxylic acid groups (broad SMARTS) is 1. The van der Waals surface area contributed by atoms with Gasteiger partial charge in [-0.1, -0.05) is 12.1 Å². The van der Waals surface area contributed by atoms with Gasteiger partial charge in [0, 0.05) is 24.2 Å². The van der Waals surface area contributed by atoms with Crippen LogP contribution in [-0.4, -0.2) is 35.0 Å². The van der Waals surface area contributed by atoms with Crippen molar-refractivity contribution in [2.24, 2.45) is 11.7 Å². The molecule has 1 heterocycles. The standard InChI is InChI=1S/C17H22BNO5/c19-13-6-4-10(5-7-13)15(20)9-12-8-11-2-1-3-14(17(21)22)16(11)24-18(12)23/h1-3,10,12-13,23H,4-9,19H2,(H,21,22)/t10?,12-,13?/m1/s1. The monoisotopic (exact) mass is 331 g/mol. The van der Waals surface area contributed by atoms with Gasteiger partial charge in [0.2, 0.25) is 0 Å². The highest BCUT2D eigenvalue weighted by Crippen LogP contribution is 2.37. The zero-order valence-corrected chi connectivity index (χ0v) is 13.5. The van der Waals surface area contributed by atoms with E-state index in [0.717, 1.165) is 31.2 Å². The van der Waals surface area contributed by atoms with Crippen LogP contribution in [0, 0.1) is 5.92 Å². The fraction of sp³-hybridized carbons (Fsp3) is 0.529. The molecule has 6 nitrogen and oxygen atoms in total. The summed E-state index contributed by atoms with van der Waals surface area (Å²) in [4.78, 5) is 23.8. The highest BCUT2D eigenvalue weighted by atomic mass is 16.5. The second-order valence-electron chi connectivity index (χ2n) is 6.85. The largest absolute Gasteiger partial charge is 0.535 e. The minimum atomic E-state index is -1.16. The van der Waals surface area contributed by atoms with Crippen LogP contribution in [0.3, 0.4) is 0 Å². The van der Waals surface area contributed by atoms with Crippen LogP contribution in [0.1, 0.15) is 48.0 Å². The lowest BCUT2D eigenvalue weighted by Gasteiger charge is -2.30. The molecule has 0 aromatic heterocycles. The second kappa shape index (κ2) is 6.95. The molecule has 7 heteroatoms. The number of nitrogens with two attached hydrogens (primary N) is 1. The van der Waals surface area contributed by atoms with Crippen LogP contribution in [0.4, 0.5) is 0 Å². The first kappa shape index (κ1) is 17.0. The van der Waals surface area contributed by atoms with E-state index in [-0.39, 0.29) is 41.3 Å². The zero-order chi connectivity index (χ0) is 17.3. The Bertz CT molecular complexity index is 642. The van der Waals surface area contributed by atoms with Crippen LogP contribution in [0.2, 0.25) is 5.82 Å². The van der Waals surface area contributed by atoms with Crippen molar-refractivity contribution in [3.8, 4) is 5.75 Å². The van der Waals surface area contributed by atoms with E-state index in [0.29, 0.717) is 6.42 Å². The summed E-state index contributed by atoms with van der Waals surface area (Å²) in [6.45, 7) is 0. The maximum Gasteiger partial charge on any atom is 0.526 e. The highest BCUT2D eigenvalue weighted by molar-refractivity contribution is 6.47. The maximum atomic E-state index is 12.5. The molecule has 1 aromatic rings. The van der Waals surface area contributed by atoms with E-state index in [9.17, 15) is 19.7 Å². The van der Waals surface area contributed by atoms with Crippen molar-refractivity contribution in [1.29, 1.82) is 0 Å². The zero-order valence-electron chi connectivity index (χ0n) is 13.5. The van der Waals surface area contributed by atoms with E-state index in [1.54, 1.807) is 12.1 Å². The number of hydrogen-bond acceptors (Lipinski definition) is 5. The predicted octanol–water partition coefficient (Wildman–Crippen LogP) is 1.65. The fourth-order valence-corrected chi connectivity index (χ4v) is 3.69. The molecule has 1 aliphatic carbocycles. The summed E-state index contributed by atoms with van der Waals surface area (Å²) in [5.41, 5.74) is 6.64. The highest BCUT2D eigenvalue weighted by Gasteiger charge is 2.39. The van der Waals surface area contributed by atoms with Gasteiger partial charge < -0.3 is 20.5 Å². The molecule has 1 saturated carbocycles. The van der Waals surface area contributed by atoms with Crippen LogP contribution in [0.5, 0.6) is 5.75 Å². The van der Waals surface area contributed by atoms with Crippen molar-refractivity contribution in [1.82, 2.24) is 0 Å². The van der Waals surface area contributed by atoms with Crippen molar-refractivity contribution < 1.29 is 24.4 Å². The number of carboxylic acids is 1. The van der Waals surface area contributed by atoms with E-state index in [2.05, 4.69) is 0 Å². The number of Topliss-reactive ketones (excluding diaryl/α,β-unsaturated/α-hetero) is 1. The summed E-state index contributed by atoms with van der Waals surface area (Å²) >= 11 is 0. The third kappa shape index (κ3) is 3.47. The first-order valence-electron chi connectivity index (χ1n) is 8.44. The molecule has 1 aromatic carbocycles. The van der Waals surface area contributed by atoms with Gasteiger partial charge >= 0.3 is 13.1 Å². The maximum absolute atomic E-state index is 12.5. The number of aromatic carboxylic acids is 1. The summed E-state index contributed by atoms with van der Waals surface area (Å²) in [5, 5.41) is 19.4. The lowest BCUT2D eigenvalue weighted by Crippen LogP contribution is -2.37.